The van der Waals surface area contributed by atoms with Crippen LogP contribution < -0.4 is 5.43 Å². The van der Waals surface area contributed by atoms with E-state index in [1.165, 1.54) is 3.57 Å². The highest BCUT2D eigenvalue weighted by Gasteiger charge is 2.42. The number of anilines is 1. The highest BCUT2D eigenvalue weighted by Crippen LogP contribution is 2.41. The second-order valence-electron chi connectivity index (χ2n) is 7.82. The van der Waals surface area contributed by atoms with Gasteiger partial charge in [0.05, 0.1) is 18.3 Å². The molecule has 0 amide bonds. The van der Waals surface area contributed by atoms with E-state index in [1.54, 1.807) is 13.3 Å². The van der Waals surface area contributed by atoms with Crippen LogP contribution in [0.2, 0.25) is 0 Å². The van der Waals surface area contributed by atoms with E-state index in [0.717, 1.165) is 28.2 Å². The van der Waals surface area contributed by atoms with Crippen LogP contribution in [0.4, 0.5) is 11.5 Å². The van der Waals surface area contributed by atoms with Gasteiger partial charge in [-0.3, -0.25) is 10.4 Å². The molecule has 7 nitrogen and oxygen atoms in total. The number of hydrogen-bond acceptors (Lipinski definition) is 6. The Labute approximate surface area is 194 Å². The lowest BCUT2D eigenvalue weighted by Crippen LogP contribution is -2.31. The Morgan fingerprint density at radius 1 is 1.06 bits per heavy atom. The molecule has 160 valence electrons. The summed E-state index contributed by atoms with van der Waals surface area (Å²) in [6.45, 7) is 2.35. The van der Waals surface area contributed by atoms with Crippen LogP contribution in [0, 0.1) is 3.57 Å². The lowest BCUT2D eigenvalue weighted by molar-refractivity contribution is -0.0308. The maximum atomic E-state index is 10.6. The highest BCUT2D eigenvalue weighted by molar-refractivity contribution is 14.1. The minimum absolute atomic E-state index is 0.454. The second kappa shape index (κ2) is 8.27. The lowest BCUT2D eigenvalue weighted by atomic mass is 10.0. The number of hydrazine groups is 1. The molecule has 0 radical (unpaired) electrons. The molecule has 5 rings (SSSR count). The third-order valence-electron chi connectivity index (χ3n) is 5.71. The number of aromatic nitrogens is 1. The molecule has 2 aliphatic heterocycles. The second-order valence-corrected chi connectivity index (χ2v) is 9.07. The molecular formula is C23H23IN4O3. The van der Waals surface area contributed by atoms with Crippen molar-refractivity contribution in [3.63, 3.8) is 0 Å². The smallest absolute Gasteiger partial charge is 0.164 e. The van der Waals surface area contributed by atoms with Crippen LogP contribution in [0.25, 0.3) is 11.1 Å². The molecule has 0 bridgehead atoms. The molecule has 3 N–H and O–H groups in total. The van der Waals surface area contributed by atoms with E-state index in [9.17, 15) is 10.2 Å². The number of benzene rings is 2. The Bertz CT molecular complexity index is 1100. The van der Waals surface area contributed by atoms with Crippen LogP contribution in [0.1, 0.15) is 18.7 Å². The normalized spacial score (nSPS) is 25.0. The predicted octanol–water partition coefficient (Wildman–Crippen LogP) is 3.90. The minimum atomic E-state index is -1.02. The van der Waals surface area contributed by atoms with Crippen LogP contribution in [0.15, 0.2) is 65.8 Å². The van der Waals surface area contributed by atoms with Gasteiger partial charge in [0.2, 0.25) is 0 Å². The Hall–Kier alpha value is -2.40. The Kier molecular flexibility index (Phi) is 5.47. The van der Waals surface area contributed by atoms with E-state index in [-0.39, 0.29) is 0 Å². The number of ether oxygens (including phenoxy) is 1. The summed E-state index contributed by atoms with van der Waals surface area (Å²) in [5.41, 5.74) is 7.46. The van der Waals surface area contributed by atoms with E-state index in [1.807, 2.05) is 58.2 Å². The van der Waals surface area contributed by atoms with Gasteiger partial charge in [0.1, 0.15) is 24.4 Å². The SMILES string of the molecule is C[C@H]1O[C@@H](n2cc(-c3ccccc3)c3c2N=CN(Nc2ccc(I)cc2)C3)[C@H](O)[C@@H]1O. The van der Waals surface area contributed by atoms with Crippen LogP contribution >= 0.6 is 22.6 Å². The minimum Gasteiger partial charge on any atom is -0.388 e. The summed E-state index contributed by atoms with van der Waals surface area (Å²) in [7, 11) is 0. The molecule has 1 fully saturated rings. The van der Waals surface area contributed by atoms with Gasteiger partial charge < -0.3 is 19.5 Å². The van der Waals surface area contributed by atoms with Crippen molar-refractivity contribution in [3.05, 3.63) is 69.9 Å². The molecule has 0 aliphatic carbocycles. The molecular weight excluding hydrogens is 507 g/mol. The maximum absolute atomic E-state index is 10.6. The van der Waals surface area contributed by atoms with Crippen LogP contribution in [0.5, 0.6) is 0 Å². The maximum Gasteiger partial charge on any atom is 0.164 e. The molecule has 4 atom stereocenters. The Morgan fingerprint density at radius 3 is 2.48 bits per heavy atom. The van der Waals surface area contributed by atoms with Crippen molar-refractivity contribution in [2.45, 2.75) is 38.0 Å². The van der Waals surface area contributed by atoms with E-state index in [4.69, 9.17) is 9.73 Å². The first kappa shape index (κ1) is 20.5. The standard InChI is InChI=1S/C23H23IN4O3/c1-14-20(29)21(30)23(31-14)28-12-18(15-5-3-2-4-6-15)19-11-27(13-25-22(19)28)26-17-9-7-16(24)8-10-17/h2-10,12-14,20-21,23,26,29-30H,11H2,1H3/t14-,20-,21-,23-/m1/s1. The van der Waals surface area contributed by atoms with Gasteiger partial charge in [-0.25, -0.2) is 4.99 Å². The fourth-order valence-corrected chi connectivity index (χ4v) is 4.43. The molecule has 0 unspecified atom stereocenters. The summed E-state index contributed by atoms with van der Waals surface area (Å²) in [4.78, 5) is 4.69. The summed E-state index contributed by atoms with van der Waals surface area (Å²) < 4.78 is 8.89. The third-order valence-corrected chi connectivity index (χ3v) is 6.43. The van der Waals surface area contributed by atoms with E-state index < -0.39 is 24.5 Å². The van der Waals surface area contributed by atoms with Crippen molar-refractivity contribution in [1.82, 2.24) is 9.58 Å². The molecule has 0 spiro atoms. The molecule has 3 heterocycles. The average molecular weight is 530 g/mol. The first-order chi connectivity index (χ1) is 15.0. The Balaban J connectivity index is 1.52. The average Bonchev–Trinajstić information content (AvgIpc) is 3.28. The number of fused-ring (bicyclic) bond motifs is 1. The van der Waals surface area contributed by atoms with Gasteiger partial charge in [0.25, 0.3) is 0 Å². The third kappa shape index (κ3) is 3.84. The van der Waals surface area contributed by atoms with Gasteiger partial charge >= 0.3 is 0 Å². The molecule has 8 heteroatoms. The van der Waals surface area contributed by atoms with Gasteiger partial charge in [0, 0.05) is 20.9 Å². The number of nitrogens with one attached hydrogen (secondary N) is 1. The van der Waals surface area contributed by atoms with Crippen molar-refractivity contribution in [2.24, 2.45) is 4.99 Å². The molecule has 2 aromatic carbocycles. The number of hydrogen-bond donors (Lipinski definition) is 3. The van der Waals surface area contributed by atoms with Crippen LogP contribution in [-0.4, -0.2) is 44.4 Å². The van der Waals surface area contributed by atoms with Crippen LogP contribution in [-0.2, 0) is 11.3 Å². The van der Waals surface area contributed by atoms with Crippen molar-refractivity contribution in [3.8, 4) is 11.1 Å². The summed E-state index contributed by atoms with van der Waals surface area (Å²) in [6.07, 6.45) is 0.605. The van der Waals surface area contributed by atoms with Crippen molar-refractivity contribution < 1.29 is 14.9 Å². The number of aliphatic hydroxyl groups is 2. The van der Waals surface area contributed by atoms with E-state index in [2.05, 4.69) is 40.1 Å². The first-order valence-electron chi connectivity index (χ1n) is 10.1. The number of nitrogens with zero attached hydrogens (tertiary/aromatic N) is 3. The fraction of sp³-hybridized carbons (Fsp3) is 0.261. The number of aliphatic hydroxyl groups excluding tert-OH is 2. The first-order valence-corrected chi connectivity index (χ1v) is 11.2. The van der Waals surface area contributed by atoms with E-state index in [0.29, 0.717) is 6.54 Å². The topological polar surface area (TPSA) is 82.2 Å². The van der Waals surface area contributed by atoms with Crippen LogP contribution in [0.3, 0.4) is 0 Å². The van der Waals surface area contributed by atoms with Crippen molar-refractivity contribution in [1.29, 1.82) is 0 Å². The summed E-state index contributed by atoms with van der Waals surface area (Å²) in [6, 6.07) is 18.2. The molecule has 1 saturated heterocycles. The number of halogens is 1. The molecule has 31 heavy (non-hydrogen) atoms. The largest absolute Gasteiger partial charge is 0.388 e. The van der Waals surface area contributed by atoms with E-state index >= 15 is 0 Å². The zero-order chi connectivity index (χ0) is 21.5. The molecule has 0 saturated carbocycles. The van der Waals surface area contributed by atoms with Gasteiger partial charge in [-0.1, -0.05) is 30.3 Å². The molecule has 1 aromatic heterocycles. The van der Waals surface area contributed by atoms with Gasteiger partial charge in [-0.05, 0) is 59.3 Å². The summed E-state index contributed by atoms with van der Waals surface area (Å²) >= 11 is 2.28. The highest BCUT2D eigenvalue weighted by atomic mass is 127. The van der Waals surface area contributed by atoms with Gasteiger partial charge in [-0.2, -0.15) is 0 Å². The monoisotopic (exact) mass is 530 g/mol. The summed E-state index contributed by atoms with van der Waals surface area (Å²) in [5, 5.41) is 22.7. The van der Waals surface area contributed by atoms with Crippen molar-refractivity contribution >= 4 is 40.4 Å². The van der Waals surface area contributed by atoms with Gasteiger partial charge in [0.15, 0.2) is 6.23 Å². The summed E-state index contributed by atoms with van der Waals surface area (Å²) in [5.74, 6) is 0.727. The zero-order valence-corrected chi connectivity index (χ0v) is 19.0. The van der Waals surface area contributed by atoms with Gasteiger partial charge in [-0.15, -0.1) is 0 Å². The zero-order valence-electron chi connectivity index (χ0n) is 16.9. The fourth-order valence-electron chi connectivity index (χ4n) is 4.07. The number of rotatable bonds is 4. The van der Waals surface area contributed by atoms with Crippen molar-refractivity contribution in [2.75, 3.05) is 5.43 Å². The molecule has 2 aliphatic rings. The molecule has 3 aromatic rings. The lowest BCUT2D eigenvalue weighted by Gasteiger charge is -2.26. The predicted molar refractivity (Wildman–Crippen MR) is 128 cm³/mol. The number of aliphatic imine (C=N–C) groups is 1. The Morgan fingerprint density at radius 2 is 1.81 bits per heavy atom. The quantitative estimate of drug-likeness (QED) is 0.446.